The zero-order valence-electron chi connectivity index (χ0n) is 10.4. The molecule has 0 saturated heterocycles. The van der Waals surface area contributed by atoms with Gasteiger partial charge in [-0.1, -0.05) is 6.92 Å². The Labute approximate surface area is 97.5 Å². The van der Waals surface area contributed by atoms with Crippen LogP contribution < -0.4 is 9.88 Å². The van der Waals surface area contributed by atoms with Gasteiger partial charge in [0.15, 0.2) is 18.9 Å². The Morgan fingerprint density at radius 1 is 1.44 bits per heavy atom. The van der Waals surface area contributed by atoms with E-state index in [0.29, 0.717) is 6.42 Å². The van der Waals surface area contributed by atoms with E-state index in [1.54, 1.807) is 0 Å². The molecule has 0 fully saturated rings. The third-order valence-corrected chi connectivity index (χ3v) is 2.67. The number of aryl methyl sites for hydroxylation is 2. The van der Waals surface area contributed by atoms with Gasteiger partial charge in [-0.15, -0.1) is 0 Å². The van der Waals surface area contributed by atoms with Crippen LogP contribution in [0.3, 0.4) is 0 Å². The Hall–Kier alpha value is -1.38. The maximum atomic E-state index is 11.5. The minimum absolute atomic E-state index is 0.127. The first kappa shape index (κ1) is 12.7. The van der Waals surface area contributed by atoms with Gasteiger partial charge in [-0.3, -0.25) is 4.79 Å². The first-order valence-electron chi connectivity index (χ1n) is 5.87. The van der Waals surface area contributed by atoms with Crippen LogP contribution in [0.4, 0.5) is 0 Å². The number of hydrogen-bond acceptors (Lipinski definition) is 1. The molecule has 1 amide bonds. The van der Waals surface area contributed by atoms with Crippen molar-refractivity contribution >= 4 is 5.91 Å². The van der Waals surface area contributed by atoms with Gasteiger partial charge >= 0.3 is 0 Å². The van der Waals surface area contributed by atoms with E-state index in [2.05, 4.69) is 19.2 Å². The van der Waals surface area contributed by atoms with Gasteiger partial charge in [0.05, 0.1) is 6.42 Å². The van der Waals surface area contributed by atoms with Gasteiger partial charge in [0.2, 0.25) is 5.91 Å². The Kier molecular flexibility index (Phi) is 4.96. The van der Waals surface area contributed by atoms with Crippen molar-refractivity contribution in [3.05, 3.63) is 30.1 Å². The molecule has 88 valence electrons. The number of carbonyl (C=O) groups is 1. The van der Waals surface area contributed by atoms with Crippen LogP contribution in [0.1, 0.15) is 32.3 Å². The number of nitrogens with one attached hydrogen (secondary N) is 1. The van der Waals surface area contributed by atoms with E-state index in [0.717, 1.165) is 13.0 Å². The largest absolute Gasteiger partial charge is 0.353 e. The summed E-state index contributed by atoms with van der Waals surface area (Å²) in [6.45, 7) is 6.89. The minimum atomic E-state index is 0.127. The Balaban J connectivity index is 2.34. The molecule has 0 bridgehead atoms. The Morgan fingerprint density at radius 3 is 2.62 bits per heavy atom. The van der Waals surface area contributed by atoms with Crippen LogP contribution in [0.5, 0.6) is 0 Å². The van der Waals surface area contributed by atoms with Gasteiger partial charge in [-0.2, -0.15) is 0 Å². The second kappa shape index (κ2) is 6.26. The summed E-state index contributed by atoms with van der Waals surface area (Å²) in [4.78, 5) is 11.5. The lowest BCUT2D eigenvalue weighted by Crippen LogP contribution is -2.38. The summed E-state index contributed by atoms with van der Waals surface area (Å²) in [7, 11) is 0. The Morgan fingerprint density at radius 2 is 2.06 bits per heavy atom. The highest BCUT2D eigenvalue weighted by molar-refractivity contribution is 5.75. The lowest BCUT2D eigenvalue weighted by Gasteiger charge is -2.09. The van der Waals surface area contributed by atoms with Crippen LogP contribution in [-0.2, 0) is 11.3 Å². The van der Waals surface area contributed by atoms with E-state index >= 15 is 0 Å². The fourth-order valence-electron chi connectivity index (χ4n) is 1.36. The van der Waals surface area contributed by atoms with E-state index < -0.39 is 0 Å². The number of pyridine rings is 1. The molecular formula is C13H21N2O+. The Bertz CT molecular complexity index is 332. The fraction of sp³-hybridized carbons (Fsp3) is 0.538. The second-order valence-electron chi connectivity index (χ2n) is 4.24. The van der Waals surface area contributed by atoms with Crippen molar-refractivity contribution in [3.63, 3.8) is 0 Å². The maximum Gasteiger partial charge on any atom is 0.226 e. The van der Waals surface area contributed by atoms with Crippen LogP contribution in [0.15, 0.2) is 24.5 Å². The van der Waals surface area contributed by atoms with E-state index in [-0.39, 0.29) is 11.9 Å². The topological polar surface area (TPSA) is 33.0 Å². The van der Waals surface area contributed by atoms with Gasteiger partial charge in [0.25, 0.3) is 0 Å². The quantitative estimate of drug-likeness (QED) is 0.752. The minimum Gasteiger partial charge on any atom is -0.353 e. The molecule has 0 radical (unpaired) electrons. The first-order valence-corrected chi connectivity index (χ1v) is 5.87. The first-order chi connectivity index (χ1) is 7.61. The summed E-state index contributed by atoms with van der Waals surface area (Å²) >= 11 is 0. The number of carbonyl (C=O) groups excluding carboxylic acids is 1. The van der Waals surface area contributed by atoms with Gasteiger partial charge in [-0.05, 0) is 25.8 Å². The molecule has 1 heterocycles. The summed E-state index contributed by atoms with van der Waals surface area (Å²) in [6.07, 6.45) is 5.53. The fourth-order valence-corrected chi connectivity index (χ4v) is 1.36. The lowest BCUT2D eigenvalue weighted by atomic mass is 10.2. The van der Waals surface area contributed by atoms with Crippen LogP contribution in [0, 0.1) is 6.92 Å². The third-order valence-electron chi connectivity index (χ3n) is 2.67. The van der Waals surface area contributed by atoms with Gasteiger partial charge in [0.1, 0.15) is 0 Å². The molecule has 0 aliphatic rings. The highest BCUT2D eigenvalue weighted by Crippen LogP contribution is 1.92. The zero-order valence-corrected chi connectivity index (χ0v) is 10.4. The van der Waals surface area contributed by atoms with Crippen molar-refractivity contribution < 1.29 is 9.36 Å². The van der Waals surface area contributed by atoms with Gasteiger partial charge in [-0.25, -0.2) is 4.57 Å². The number of amides is 1. The van der Waals surface area contributed by atoms with Gasteiger partial charge < -0.3 is 5.32 Å². The molecule has 0 spiro atoms. The standard InChI is InChI=1S/C13H20N2O/c1-4-12(3)14-13(16)7-10-15-8-5-11(2)6-9-15/h5-6,8-9,12H,4,7,10H2,1-3H3/p+1. The predicted octanol–water partition coefficient (Wildman–Crippen LogP) is 1.59. The molecule has 0 aliphatic carbocycles. The summed E-state index contributed by atoms with van der Waals surface area (Å²) in [5.41, 5.74) is 1.24. The molecule has 0 aliphatic heterocycles. The summed E-state index contributed by atoms with van der Waals surface area (Å²) in [6, 6.07) is 4.37. The summed E-state index contributed by atoms with van der Waals surface area (Å²) in [5.74, 6) is 0.127. The molecule has 1 N–H and O–H groups in total. The number of aromatic nitrogens is 1. The van der Waals surface area contributed by atoms with Crippen molar-refractivity contribution in [1.82, 2.24) is 5.32 Å². The molecule has 1 unspecified atom stereocenters. The number of nitrogens with zero attached hydrogens (tertiary/aromatic N) is 1. The highest BCUT2D eigenvalue weighted by atomic mass is 16.1. The molecular weight excluding hydrogens is 200 g/mol. The van der Waals surface area contributed by atoms with E-state index in [9.17, 15) is 4.79 Å². The van der Waals surface area contributed by atoms with Crippen LogP contribution in [0.2, 0.25) is 0 Å². The van der Waals surface area contributed by atoms with E-state index in [1.165, 1.54) is 5.56 Å². The molecule has 1 aromatic rings. The van der Waals surface area contributed by atoms with Crippen molar-refractivity contribution in [2.24, 2.45) is 0 Å². The zero-order chi connectivity index (χ0) is 12.0. The summed E-state index contributed by atoms with van der Waals surface area (Å²) < 4.78 is 2.03. The molecule has 1 atom stereocenters. The molecule has 0 saturated carbocycles. The van der Waals surface area contributed by atoms with Crippen molar-refractivity contribution in [3.8, 4) is 0 Å². The molecule has 1 rings (SSSR count). The van der Waals surface area contributed by atoms with Crippen LogP contribution in [0.25, 0.3) is 0 Å². The third kappa shape index (κ3) is 4.43. The number of hydrogen-bond donors (Lipinski definition) is 1. The average molecular weight is 221 g/mol. The van der Waals surface area contributed by atoms with E-state index in [4.69, 9.17) is 0 Å². The van der Waals surface area contributed by atoms with Crippen molar-refractivity contribution in [2.75, 3.05) is 0 Å². The predicted molar refractivity (Wildman–Crippen MR) is 63.9 cm³/mol. The second-order valence-corrected chi connectivity index (χ2v) is 4.24. The van der Waals surface area contributed by atoms with Gasteiger partial charge in [0, 0.05) is 18.2 Å². The SMILES string of the molecule is CCC(C)NC(=O)CC[n+]1ccc(C)cc1. The molecule has 1 aromatic heterocycles. The highest BCUT2D eigenvalue weighted by Gasteiger charge is 2.08. The van der Waals surface area contributed by atoms with E-state index in [1.807, 2.05) is 36.0 Å². The molecule has 3 nitrogen and oxygen atoms in total. The van der Waals surface area contributed by atoms with Crippen molar-refractivity contribution in [1.29, 1.82) is 0 Å². The summed E-state index contributed by atoms with van der Waals surface area (Å²) in [5, 5.41) is 2.96. The lowest BCUT2D eigenvalue weighted by molar-refractivity contribution is -0.695. The van der Waals surface area contributed by atoms with Crippen molar-refractivity contribution in [2.45, 2.75) is 46.2 Å². The molecule has 3 heteroatoms. The molecule has 0 aromatic carbocycles. The van der Waals surface area contributed by atoms with Crippen LogP contribution >= 0.6 is 0 Å². The average Bonchev–Trinajstić information content (AvgIpc) is 2.28. The molecule has 16 heavy (non-hydrogen) atoms. The monoisotopic (exact) mass is 221 g/mol. The van der Waals surface area contributed by atoms with Crippen LogP contribution in [-0.4, -0.2) is 11.9 Å². The normalized spacial score (nSPS) is 12.2. The maximum absolute atomic E-state index is 11.5. The number of rotatable bonds is 5. The smallest absolute Gasteiger partial charge is 0.226 e.